The van der Waals surface area contributed by atoms with Crippen LogP contribution in [0, 0.1) is 25.7 Å². The van der Waals surface area contributed by atoms with Crippen molar-refractivity contribution in [2.45, 2.75) is 52.5 Å². The Kier molecular flexibility index (Phi) is 4.46. The highest BCUT2D eigenvalue weighted by atomic mass is 16.5. The number of rotatable bonds is 4. The summed E-state index contributed by atoms with van der Waals surface area (Å²) in [5.74, 6) is 2.44. The molecule has 2 rings (SSSR count). The van der Waals surface area contributed by atoms with Gasteiger partial charge in [0.1, 0.15) is 5.75 Å². The second kappa shape index (κ2) is 5.91. The average Bonchev–Trinajstić information content (AvgIpc) is 2.80. The first kappa shape index (κ1) is 14.3. The van der Waals surface area contributed by atoms with Crippen molar-refractivity contribution in [3.63, 3.8) is 0 Å². The number of ether oxygens (including phenoxy) is 1. The van der Waals surface area contributed by atoms with Crippen LogP contribution < -0.4 is 10.5 Å². The number of nitrogens with two attached hydrogens (primary N) is 1. The van der Waals surface area contributed by atoms with Crippen molar-refractivity contribution in [2.24, 2.45) is 17.6 Å². The maximum atomic E-state index is 6.39. The third-order valence-electron chi connectivity index (χ3n) is 4.52. The fraction of sp³-hybridized carbons (Fsp3) is 0.688. The van der Waals surface area contributed by atoms with E-state index >= 15 is 0 Å². The van der Waals surface area contributed by atoms with Gasteiger partial charge >= 0.3 is 0 Å². The first-order valence-corrected chi connectivity index (χ1v) is 7.27. The zero-order valence-corrected chi connectivity index (χ0v) is 12.6. The molecule has 3 unspecified atom stereocenters. The molecule has 0 saturated heterocycles. The van der Waals surface area contributed by atoms with E-state index in [1.165, 1.54) is 19.3 Å². The molecule has 1 fully saturated rings. The molecule has 0 aromatic carbocycles. The van der Waals surface area contributed by atoms with Crippen LogP contribution in [-0.4, -0.2) is 18.1 Å². The van der Waals surface area contributed by atoms with E-state index in [9.17, 15) is 0 Å². The molecule has 0 bridgehead atoms. The summed E-state index contributed by atoms with van der Waals surface area (Å²) in [5.41, 5.74) is 9.72. The van der Waals surface area contributed by atoms with Gasteiger partial charge in [0.25, 0.3) is 0 Å². The monoisotopic (exact) mass is 262 g/mol. The van der Waals surface area contributed by atoms with E-state index in [1.807, 2.05) is 13.1 Å². The lowest BCUT2D eigenvalue weighted by atomic mass is 9.92. The van der Waals surface area contributed by atoms with Crippen LogP contribution >= 0.6 is 0 Å². The van der Waals surface area contributed by atoms with Gasteiger partial charge in [-0.2, -0.15) is 0 Å². The zero-order valence-electron chi connectivity index (χ0n) is 12.6. The first-order chi connectivity index (χ1) is 9.02. The molecule has 1 aliphatic rings. The summed E-state index contributed by atoms with van der Waals surface area (Å²) >= 11 is 0. The molecule has 0 radical (unpaired) electrons. The fourth-order valence-corrected chi connectivity index (χ4v) is 3.31. The Labute approximate surface area is 116 Å². The van der Waals surface area contributed by atoms with Crippen LogP contribution in [-0.2, 0) is 6.42 Å². The number of hydrogen-bond donors (Lipinski definition) is 1. The summed E-state index contributed by atoms with van der Waals surface area (Å²) in [6, 6.07) is 0.226. The fourth-order valence-electron chi connectivity index (χ4n) is 3.31. The van der Waals surface area contributed by atoms with Crippen LogP contribution in [0.25, 0.3) is 0 Å². The Hall–Kier alpha value is -1.09. The SMILES string of the molecule is COc1c(C)cnc(CC(N)C2CCC(C)C2)c1C. The Morgan fingerprint density at radius 1 is 1.42 bits per heavy atom. The minimum atomic E-state index is 0.226. The van der Waals surface area contributed by atoms with Crippen molar-refractivity contribution in [3.8, 4) is 5.75 Å². The molecule has 1 heterocycles. The minimum Gasteiger partial charge on any atom is -0.496 e. The van der Waals surface area contributed by atoms with Crippen molar-refractivity contribution >= 4 is 0 Å². The Balaban J connectivity index is 2.11. The highest BCUT2D eigenvalue weighted by Crippen LogP contribution is 2.33. The van der Waals surface area contributed by atoms with Gasteiger partial charge in [-0.25, -0.2) is 0 Å². The topological polar surface area (TPSA) is 48.1 Å². The van der Waals surface area contributed by atoms with Gasteiger partial charge in [-0.3, -0.25) is 4.98 Å². The number of pyridine rings is 1. The van der Waals surface area contributed by atoms with Crippen molar-refractivity contribution in [3.05, 3.63) is 23.0 Å². The van der Waals surface area contributed by atoms with E-state index in [-0.39, 0.29) is 6.04 Å². The van der Waals surface area contributed by atoms with Crippen molar-refractivity contribution in [1.82, 2.24) is 4.98 Å². The van der Waals surface area contributed by atoms with E-state index in [1.54, 1.807) is 7.11 Å². The van der Waals surface area contributed by atoms with Crippen molar-refractivity contribution in [2.75, 3.05) is 7.11 Å². The van der Waals surface area contributed by atoms with E-state index < -0.39 is 0 Å². The Morgan fingerprint density at radius 3 is 2.74 bits per heavy atom. The van der Waals surface area contributed by atoms with E-state index in [0.29, 0.717) is 5.92 Å². The number of hydrogen-bond acceptors (Lipinski definition) is 3. The van der Waals surface area contributed by atoms with E-state index in [2.05, 4.69) is 18.8 Å². The lowest BCUT2D eigenvalue weighted by molar-refractivity contribution is 0.399. The normalized spacial score (nSPS) is 24.5. The van der Waals surface area contributed by atoms with Crippen LogP contribution in [0.3, 0.4) is 0 Å². The van der Waals surface area contributed by atoms with Gasteiger partial charge < -0.3 is 10.5 Å². The van der Waals surface area contributed by atoms with Gasteiger partial charge in [0.05, 0.1) is 7.11 Å². The Morgan fingerprint density at radius 2 is 2.16 bits per heavy atom. The molecule has 1 aromatic heterocycles. The lowest BCUT2D eigenvalue weighted by Crippen LogP contribution is -2.31. The second-order valence-corrected chi connectivity index (χ2v) is 6.09. The molecule has 3 nitrogen and oxygen atoms in total. The highest BCUT2D eigenvalue weighted by Gasteiger charge is 2.27. The largest absolute Gasteiger partial charge is 0.496 e. The van der Waals surface area contributed by atoms with Crippen LogP contribution in [0.5, 0.6) is 5.75 Å². The quantitative estimate of drug-likeness (QED) is 0.907. The van der Waals surface area contributed by atoms with Gasteiger partial charge in [0, 0.05) is 35.5 Å². The number of methoxy groups -OCH3 is 1. The molecule has 3 heteroatoms. The second-order valence-electron chi connectivity index (χ2n) is 6.09. The van der Waals surface area contributed by atoms with Crippen LogP contribution in [0.1, 0.15) is 43.0 Å². The van der Waals surface area contributed by atoms with Gasteiger partial charge in [0.15, 0.2) is 0 Å². The number of nitrogens with zero attached hydrogens (tertiary/aromatic N) is 1. The maximum Gasteiger partial charge on any atom is 0.128 e. The summed E-state index contributed by atoms with van der Waals surface area (Å²) in [5, 5.41) is 0. The summed E-state index contributed by atoms with van der Waals surface area (Å²) in [6.07, 6.45) is 6.61. The minimum absolute atomic E-state index is 0.226. The third kappa shape index (κ3) is 3.08. The van der Waals surface area contributed by atoms with Gasteiger partial charge in [0.2, 0.25) is 0 Å². The molecule has 106 valence electrons. The summed E-state index contributed by atoms with van der Waals surface area (Å²) in [7, 11) is 1.72. The maximum absolute atomic E-state index is 6.39. The predicted octanol–water partition coefficient (Wildman–Crippen LogP) is 3.01. The standard InChI is InChI=1S/C16H26N2O/c1-10-5-6-13(7-10)14(17)8-15-12(3)16(19-4)11(2)9-18-15/h9-10,13-14H,5-8,17H2,1-4H3. The molecule has 0 aliphatic heterocycles. The first-order valence-electron chi connectivity index (χ1n) is 7.27. The van der Waals surface area contributed by atoms with Crippen molar-refractivity contribution < 1.29 is 4.74 Å². The molecule has 2 N–H and O–H groups in total. The average molecular weight is 262 g/mol. The number of aryl methyl sites for hydroxylation is 1. The van der Waals surface area contributed by atoms with Gasteiger partial charge in [-0.15, -0.1) is 0 Å². The molecule has 1 aliphatic carbocycles. The number of aromatic nitrogens is 1. The molecule has 1 saturated carbocycles. The summed E-state index contributed by atoms with van der Waals surface area (Å²) in [6.45, 7) is 6.43. The van der Waals surface area contributed by atoms with E-state index in [0.717, 1.165) is 34.9 Å². The third-order valence-corrected chi connectivity index (χ3v) is 4.52. The van der Waals surface area contributed by atoms with Crippen molar-refractivity contribution in [1.29, 1.82) is 0 Å². The zero-order chi connectivity index (χ0) is 14.0. The van der Waals surface area contributed by atoms with Crippen LogP contribution in [0.15, 0.2) is 6.20 Å². The Bertz CT molecular complexity index is 445. The molecular formula is C16H26N2O. The predicted molar refractivity (Wildman–Crippen MR) is 78.4 cm³/mol. The lowest BCUT2D eigenvalue weighted by Gasteiger charge is -2.20. The summed E-state index contributed by atoms with van der Waals surface area (Å²) in [4.78, 5) is 4.56. The van der Waals surface area contributed by atoms with Crippen LogP contribution in [0.2, 0.25) is 0 Å². The van der Waals surface area contributed by atoms with Crippen LogP contribution in [0.4, 0.5) is 0 Å². The molecule has 0 amide bonds. The molecule has 3 atom stereocenters. The molecule has 0 spiro atoms. The smallest absolute Gasteiger partial charge is 0.128 e. The summed E-state index contributed by atoms with van der Waals surface area (Å²) < 4.78 is 5.46. The molecular weight excluding hydrogens is 236 g/mol. The van der Waals surface area contributed by atoms with Gasteiger partial charge in [-0.1, -0.05) is 13.3 Å². The van der Waals surface area contributed by atoms with E-state index in [4.69, 9.17) is 10.5 Å². The molecule has 19 heavy (non-hydrogen) atoms. The molecule has 1 aromatic rings. The highest BCUT2D eigenvalue weighted by molar-refractivity contribution is 5.41. The van der Waals surface area contributed by atoms with Gasteiger partial charge in [-0.05, 0) is 38.5 Å².